The molecule has 1 aromatic carbocycles. The summed E-state index contributed by atoms with van der Waals surface area (Å²) in [6.07, 6.45) is 1.36. The van der Waals surface area contributed by atoms with Crippen LogP contribution in [0.3, 0.4) is 0 Å². The molecular formula is C36H39NO10. The van der Waals surface area contributed by atoms with Gasteiger partial charge in [-0.2, -0.15) is 0 Å². The lowest BCUT2D eigenvalue weighted by atomic mass is 9.42. The average Bonchev–Trinajstić information content (AvgIpc) is 3.02. The maximum absolute atomic E-state index is 13.6. The predicted molar refractivity (Wildman–Crippen MR) is 167 cm³/mol. The Kier molecular flexibility index (Phi) is 8.24. The Morgan fingerprint density at radius 3 is 2.36 bits per heavy atom. The highest BCUT2D eigenvalue weighted by atomic mass is 16.6. The van der Waals surface area contributed by atoms with E-state index in [4.69, 9.17) is 23.4 Å². The van der Waals surface area contributed by atoms with Crippen molar-refractivity contribution < 1.29 is 42.9 Å². The lowest BCUT2D eigenvalue weighted by molar-refractivity contribution is -0.269. The number of carbonyl (C=O) groups excluding carboxylic acids is 3. The molecule has 2 aromatic heterocycles. The molecule has 3 aliphatic rings. The number of hydrogen-bond acceptors (Lipinski definition) is 11. The van der Waals surface area contributed by atoms with Crippen molar-refractivity contribution in [1.82, 2.24) is 4.98 Å². The second-order valence-electron chi connectivity index (χ2n) is 13.6. The van der Waals surface area contributed by atoms with Crippen molar-refractivity contribution >= 4 is 17.9 Å². The van der Waals surface area contributed by atoms with Gasteiger partial charge in [-0.3, -0.25) is 14.6 Å². The minimum Gasteiger partial charge on any atom is -0.482 e. The Morgan fingerprint density at radius 1 is 1.00 bits per heavy atom. The van der Waals surface area contributed by atoms with Crippen molar-refractivity contribution in [2.24, 2.45) is 22.7 Å². The third-order valence-electron chi connectivity index (χ3n) is 10.7. The molecule has 0 saturated heterocycles. The van der Waals surface area contributed by atoms with Gasteiger partial charge >= 0.3 is 23.5 Å². The van der Waals surface area contributed by atoms with Crippen LogP contribution in [0.2, 0.25) is 0 Å². The van der Waals surface area contributed by atoms with Crippen LogP contribution in [0.15, 0.2) is 70.1 Å². The van der Waals surface area contributed by atoms with Crippen molar-refractivity contribution in [3.63, 3.8) is 0 Å². The zero-order chi connectivity index (χ0) is 33.7. The van der Waals surface area contributed by atoms with Crippen LogP contribution in [0.1, 0.15) is 75.9 Å². The zero-order valence-electron chi connectivity index (χ0n) is 27.1. The summed E-state index contributed by atoms with van der Waals surface area (Å²) in [4.78, 5) is 55.7. The first-order valence-electron chi connectivity index (χ1n) is 15.8. The van der Waals surface area contributed by atoms with Crippen LogP contribution in [0, 0.1) is 22.7 Å². The first-order valence-corrected chi connectivity index (χ1v) is 15.8. The van der Waals surface area contributed by atoms with Crippen molar-refractivity contribution in [1.29, 1.82) is 0 Å². The molecule has 0 bridgehead atoms. The molecule has 1 N–H and O–H groups in total. The minimum absolute atomic E-state index is 0.0251. The van der Waals surface area contributed by atoms with Crippen LogP contribution in [0.25, 0.3) is 11.3 Å². The van der Waals surface area contributed by atoms with Gasteiger partial charge in [-0.1, -0.05) is 32.0 Å². The Balaban J connectivity index is 1.45. The number of rotatable bonds is 6. The summed E-state index contributed by atoms with van der Waals surface area (Å²) in [5.41, 5.74) is -2.88. The number of aliphatic hydroxyl groups excluding tert-OH is 1. The topological polar surface area (TPSA) is 151 Å². The van der Waals surface area contributed by atoms with E-state index in [0.717, 1.165) is 0 Å². The summed E-state index contributed by atoms with van der Waals surface area (Å²) >= 11 is 0. The van der Waals surface area contributed by atoms with Crippen molar-refractivity contribution in [2.75, 3.05) is 6.61 Å². The smallest absolute Gasteiger partial charge is 0.345 e. The first kappa shape index (κ1) is 32.4. The second kappa shape index (κ2) is 11.9. The summed E-state index contributed by atoms with van der Waals surface area (Å²) in [6, 6.07) is 13.6. The maximum atomic E-state index is 13.6. The summed E-state index contributed by atoms with van der Waals surface area (Å²) in [7, 11) is 0. The second-order valence-corrected chi connectivity index (χ2v) is 13.6. The lowest BCUT2D eigenvalue weighted by Gasteiger charge is -2.66. The number of aromatic nitrogens is 1. The van der Waals surface area contributed by atoms with Gasteiger partial charge in [0.25, 0.3) is 0 Å². The fourth-order valence-corrected chi connectivity index (χ4v) is 8.66. The van der Waals surface area contributed by atoms with Gasteiger partial charge in [0.15, 0.2) is 0 Å². The number of ether oxygens (including phenoxy) is 4. The van der Waals surface area contributed by atoms with E-state index in [1.165, 1.54) is 13.8 Å². The van der Waals surface area contributed by atoms with E-state index in [-0.39, 0.29) is 30.1 Å². The van der Waals surface area contributed by atoms with Gasteiger partial charge < -0.3 is 28.5 Å². The van der Waals surface area contributed by atoms with E-state index < -0.39 is 70.1 Å². The number of nitrogens with zero attached hydrogens (tertiary/aromatic N) is 1. The molecule has 248 valence electrons. The molecule has 3 aromatic rings. The average molecular weight is 646 g/mol. The molecule has 6 rings (SSSR count). The van der Waals surface area contributed by atoms with Crippen LogP contribution in [-0.2, 0) is 23.8 Å². The molecule has 47 heavy (non-hydrogen) atoms. The quantitative estimate of drug-likeness (QED) is 0.283. The normalized spacial score (nSPS) is 32.4. The van der Waals surface area contributed by atoms with Gasteiger partial charge in [0.1, 0.15) is 41.5 Å². The van der Waals surface area contributed by atoms with Crippen LogP contribution < -0.4 is 10.4 Å². The van der Waals surface area contributed by atoms with Gasteiger partial charge in [0.2, 0.25) is 0 Å². The highest BCUT2D eigenvalue weighted by Gasteiger charge is 2.70. The number of benzene rings is 1. The summed E-state index contributed by atoms with van der Waals surface area (Å²) < 4.78 is 30.1. The molecule has 3 heterocycles. The summed E-state index contributed by atoms with van der Waals surface area (Å²) in [5, 5.41) is 12.2. The molecule has 1 aliphatic heterocycles. The largest absolute Gasteiger partial charge is 0.482 e. The fraction of sp³-hybridized carbons (Fsp3) is 0.472. The standard InChI is InChI=1S/C36H39NO10/c1-20(38)44-27-13-14-34(3)26(35(27,4)19-43-32(41)22-10-7-6-8-11-22)17-28(45-21(2)39)36(5)31(34)30(40)29-25(47-36)16-24(46-33(29)42)23-12-9-15-37-18-23/h6-12,15-16,18,26-28,30-31,40H,13-14,17,19H2,1-5H3/t26?,27-,28-,30-,31?,34-,35?,36+/m0/s1. The maximum Gasteiger partial charge on any atom is 0.345 e. The van der Waals surface area contributed by atoms with Crippen LogP contribution in [-0.4, -0.2) is 52.4 Å². The van der Waals surface area contributed by atoms with Gasteiger partial charge in [-0.15, -0.1) is 0 Å². The molecular weight excluding hydrogens is 606 g/mol. The monoisotopic (exact) mass is 645 g/mol. The number of hydrogen-bond donors (Lipinski definition) is 1. The third-order valence-corrected chi connectivity index (χ3v) is 10.7. The number of esters is 3. The first-order chi connectivity index (χ1) is 22.3. The van der Waals surface area contributed by atoms with Crippen molar-refractivity contribution in [3.8, 4) is 17.1 Å². The molecule has 8 atom stereocenters. The van der Waals surface area contributed by atoms with Crippen molar-refractivity contribution in [3.05, 3.63) is 82.5 Å². The van der Waals surface area contributed by atoms with Gasteiger partial charge in [0.05, 0.1) is 11.7 Å². The van der Waals surface area contributed by atoms with E-state index >= 15 is 0 Å². The van der Waals surface area contributed by atoms with Gasteiger partial charge in [0, 0.05) is 49.2 Å². The Morgan fingerprint density at radius 2 is 1.70 bits per heavy atom. The molecule has 0 radical (unpaired) electrons. The lowest BCUT2D eigenvalue weighted by Crippen LogP contribution is -2.71. The number of fused-ring (bicyclic) bond motifs is 4. The molecule has 11 nitrogen and oxygen atoms in total. The van der Waals surface area contributed by atoms with Gasteiger partial charge in [-0.05, 0) is 61.8 Å². The zero-order valence-corrected chi connectivity index (χ0v) is 27.1. The van der Waals surface area contributed by atoms with Gasteiger partial charge in [-0.25, -0.2) is 9.59 Å². The molecule has 3 unspecified atom stereocenters. The molecule has 2 aliphatic carbocycles. The van der Waals surface area contributed by atoms with E-state index in [1.54, 1.807) is 67.8 Å². The minimum atomic E-state index is -1.37. The third kappa shape index (κ3) is 5.50. The molecule has 0 spiro atoms. The van der Waals surface area contributed by atoms with E-state index in [2.05, 4.69) is 4.98 Å². The van der Waals surface area contributed by atoms with Crippen LogP contribution in [0.5, 0.6) is 5.75 Å². The predicted octanol–water partition coefficient (Wildman–Crippen LogP) is 5.05. The van der Waals surface area contributed by atoms with Crippen molar-refractivity contribution in [2.45, 2.75) is 77.8 Å². The number of carbonyl (C=O) groups is 3. The SMILES string of the molecule is CC(=O)O[C@H]1CC[C@@]2(C)C(C[C@H](OC(C)=O)[C@@]3(C)Oc4cc(-c5cccnc5)oc(=O)c4[C@H](O)C23)C1(C)COC(=O)c1ccccc1. The van der Waals surface area contributed by atoms with E-state index in [0.29, 0.717) is 24.0 Å². The summed E-state index contributed by atoms with van der Waals surface area (Å²) in [6.45, 7) is 8.22. The molecule has 0 amide bonds. The molecule has 11 heteroatoms. The Bertz CT molecular complexity index is 1740. The highest BCUT2D eigenvalue weighted by Crippen LogP contribution is 2.67. The highest BCUT2D eigenvalue weighted by molar-refractivity contribution is 5.89. The van der Waals surface area contributed by atoms with E-state index in [1.807, 2.05) is 13.8 Å². The molecule has 2 fully saturated rings. The Hall–Kier alpha value is -4.51. The van der Waals surface area contributed by atoms with Crippen LogP contribution >= 0.6 is 0 Å². The van der Waals surface area contributed by atoms with E-state index in [9.17, 15) is 24.3 Å². The number of aliphatic hydroxyl groups is 1. The number of pyridine rings is 1. The van der Waals surface area contributed by atoms with Crippen LogP contribution in [0.4, 0.5) is 0 Å². The Labute approximate surface area is 272 Å². The fourth-order valence-electron chi connectivity index (χ4n) is 8.66. The summed E-state index contributed by atoms with van der Waals surface area (Å²) in [5.74, 6) is -2.41. The molecule has 2 saturated carbocycles.